The molecule has 0 atom stereocenters. The maximum absolute atomic E-state index is 2.55. The molecule has 1 aliphatic rings. The summed E-state index contributed by atoms with van der Waals surface area (Å²) in [4.78, 5) is 0. The highest BCUT2D eigenvalue weighted by molar-refractivity contribution is 6.12. The first-order valence-electron chi connectivity index (χ1n) is 24.4. The van der Waals surface area contributed by atoms with Crippen LogP contribution in [0.1, 0.15) is 128 Å². The third-order valence-electron chi connectivity index (χ3n) is 14.9. The maximum Gasteiger partial charge on any atom is 0.0713 e. The van der Waals surface area contributed by atoms with Gasteiger partial charge in [-0.05, 0) is 114 Å². The molecule has 334 valence electrons. The van der Waals surface area contributed by atoms with E-state index in [2.05, 4.69) is 262 Å². The van der Waals surface area contributed by atoms with Crippen LogP contribution in [0.15, 0.2) is 170 Å². The summed E-state index contributed by atoms with van der Waals surface area (Å²) in [5, 5.41) is 5.19. The van der Waals surface area contributed by atoms with Crippen LogP contribution in [0.5, 0.6) is 0 Å². The molecule has 0 N–H and O–H groups in total. The smallest absolute Gasteiger partial charge is 0.0713 e. The molecule has 10 aromatic rings. The van der Waals surface area contributed by atoms with Crippen LogP contribution in [0.3, 0.4) is 0 Å². The molecular weight excluding hydrogens is 809 g/mol. The van der Waals surface area contributed by atoms with Gasteiger partial charge in [-0.3, -0.25) is 0 Å². The van der Waals surface area contributed by atoms with Crippen molar-refractivity contribution < 1.29 is 0 Å². The number of para-hydroxylation sites is 2. The first kappa shape index (κ1) is 43.0. The third-order valence-corrected chi connectivity index (χ3v) is 14.9. The zero-order valence-electron chi connectivity index (χ0n) is 41.6. The molecule has 0 radical (unpaired) electrons. The van der Waals surface area contributed by atoms with Gasteiger partial charge in [0.05, 0.1) is 27.5 Å². The highest BCUT2D eigenvalue weighted by atomic mass is 15.0. The van der Waals surface area contributed by atoms with Crippen LogP contribution < -0.4 is 0 Å². The fourth-order valence-corrected chi connectivity index (χ4v) is 12.2. The number of fused-ring (bicyclic) bond motifs is 9. The third kappa shape index (κ3) is 6.35. The quantitative estimate of drug-likeness (QED) is 0.167. The van der Waals surface area contributed by atoms with Crippen LogP contribution in [-0.2, 0) is 27.1 Å². The molecule has 67 heavy (non-hydrogen) atoms. The van der Waals surface area contributed by atoms with Crippen LogP contribution in [0.2, 0.25) is 0 Å². The number of rotatable bonds is 4. The molecule has 1 aliphatic carbocycles. The predicted molar refractivity (Wildman–Crippen MR) is 287 cm³/mol. The molecule has 0 unspecified atom stereocenters. The van der Waals surface area contributed by atoms with Crippen molar-refractivity contribution in [3.05, 3.63) is 214 Å². The first-order chi connectivity index (χ1) is 31.8. The normalized spacial score (nSPS) is 14.1. The van der Waals surface area contributed by atoms with Crippen molar-refractivity contribution >= 4 is 43.6 Å². The van der Waals surface area contributed by atoms with Gasteiger partial charge in [0.1, 0.15) is 0 Å². The molecule has 0 saturated carbocycles. The number of hydrogen-bond donors (Lipinski definition) is 0. The number of benzene rings is 8. The Kier molecular flexibility index (Phi) is 9.41. The summed E-state index contributed by atoms with van der Waals surface area (Å²) in [5.74, 6) is 0. The summed E-state index contributed by atoms with van der Waals surface area (Å²) in [7, 11) is 0. The Balaban J connectivity index is 1.15. The number of nitrogens with zero attached hydrogens (tertiary/aromatic N) is 2. The van der Waals surface area contributed by atoms with Gasteiger partial charge in [0.2, 0.25) is 0 Å². The van der Waals surface area contributed by atoms with Gasteiger partial charge in [0.15, 0.2) is 0 Å². The van der Waals surface area contributed by atoms with Crippen molar-refractivity contribution in [3.63, 3.8) is 0 Å². The molecule has 0 aliphatic heterocycles. The minimum absolute atomic E-state index is 0.0150. The molecule has 0 fully saturated rings. The molecule has 2 nitrogen and oxygen atoms in total. The van der Waals surface area contributed by atoms with E-state index in [1.165, 1.54) is 111 Å². The van der Waals surface area contributed by atoms with E-state index in [-0.39, 0.29) is 21.7 Å². The van der Waals surface area contributed by atoms with Gasteiger partial charge >= 0.3 is 0 Å². The Morgan fingerprint density at radius 1 is 0.313 bits per heavy atom. The van der Waals surface area contributed by atoms with Crippen LogP contribution in [-0.4, -0.2) is 9.13 Å². The van der Waals surface area contributed by atoms with Gasteiger partial charge in [0.25, 0.3) is 0 Å². The second-order valence-electron chi connectivity index (χ2n) is 23.4. The molecule has 0 saturated heterocycles. The van der Waals surface area contributed by atoms with Crippen LogP contribution in [0.4, 0.5) is 0 Å². The van der Waals surface area contributed by atoms with Crippen molar-refractivity contribution in [2.45, 2.75) is 110 Å². The van der Waals surface area contributed by atoms with Crippen molar-refractivity contribution in [3.8, 4) is 22.5 Å². The Morgan fingerprint density at radius 2 is 0.657 bits per heavy atom. The second kappa shape index (κ2) is 14.7. The topological polar surface area (TPSA) is 9.86 Å². The van der Waals surface area contributed by atoms with E-state index in [1.54, 1.807) is 0 Å². The fraction of sp³-hybridized carbons (Fsp3) is 0.262. The largest absolute Gasteiger partial charge is 0.309 e. The molecule has 0 bridgehead atoms. The van der Waals surface area contributed by atoms with Gasteiger partial charge in [0, 0.05) is 32.9 Å². The molecule has 0 spiro atoms. The van der Waals surface area contributed by atoms with Gasteiger partial charge < -0.3 is 9.13 Å². The van der Waals surface area contributed by atoms with Gasteiger partial charge in [-0.2, -0.15) is 0 Å². The van der Waals surface area contributed by atoms with Crippen molar-refractivity contribution in [2.24, 2.45) is 0 Å². The van der Waals surface area contributed by atoms with E-state index in [0.29, 0.717) is 0 Å². The summed E-state index contributed by atoms with van der Waals surface area (Å²) >= 11 is 0. The van der Waals surface area contributed by atoms with Gasteiger partial charge in [-0.15, -0.1) is 0 Å². The van der Waals surface area contributed by atoms with Crippen molar-refractivity contribution in [1.29, 1.82) is 0 Å². The first-order valence-corrected chi connectivity index (χ1v) is 24.4. The predicted octanol–water partition coefficient (Wildman–Crippen LogP) is 17.4. The van der Waals surface area contributed by atoms with Gasteiger partial charge in [-0.25, -0.2) is 0 Å². The van der Waals surface area contributed by atoms with E-state index in [4.69, 9.17) is 0 Å². The molecular formula is C65H64N2. The summed E-state index contributed by atoms with van der Waals surface area (Å²) < 4.78 is 5.09. The molecule has 11 rings (SSSR count). The second-order valence-corrected chi connectivity index (χ2v) is 23.4. The highest BCUT2D eigenvalue weighted by Gasteiger charge is 2.46. The average molecular weight is 873 g/mol. The maximum atomic E-state index is 2.55. The zero-order valence-corrected chi connectivity index (χ0v) is 41.6. The molecule has 2 heteroatoms. The van der Waals surface area contributed by atoms with Crippen LogP contribution in [0, 0.1) is 0 Å². The minimum Gasteiger partial charge on any atom is -0.309 e. The Labute approximate surface area is 397 Å². The van der Waals surface area contributed by atoms with E-state index in [1.807, 2.05) is 0 Å². The summed E-state index contributed by atoms with van der Waals surface area (Å²) in [6, 6.07) is 64.9. The van der Waals surface area contributed by atoms with E-state index >= 15 is 0 Å². The lowest BCUT2D eigenvalue weighted by atomic mass is 9.67. The van der Waals surface area contributed by atoms with Crippen molar-refractivity contribution in [2.75, 3.05) is 0 Å². The minimum atomic E-state index is -0.544. The van der Waals surface area contributed by atoms with Crippen LogP contribution >= 0.6 is 0 Å². The van der Waals surface area contributed by atoms with E-state index in [0.717, 1.165) is 0 Å². The van der Waals surface area contributed by atoms with Gasteiger partial charge in [-0.1, -0.05) is 217 Å². The summed E-state index contributed by atoms with van der Waals surface area (Å²) in [5.41, 5.74) is 20.1. The molecule has 0 amide bonds. The Morgan fingerprint density at radius 3 is 1.01 bits per heavy atom. The lowest BCUT2D eigenvalue weighted by Gasteiger charge is -2.34. The molecule has 8 aromatic carbocycles. The SMILES string of the molecule is CC(C)(C)c1ccc2c3ccccc3n(-c3ccc(C4(c5ccc(-n6c7ccccc7c7ccc(C(C)(C)C)c(C(C)(C)C)c76)cc5)c5ccccc5-c5ccccc54)cc3)c2c1C(C)(C)C. The lowest BCUT2D eigenvalue weighted by Crippen LogP contribution is -2.28. The van der Waals surface area contributed by atoms with E-state index < -0.39 is 5.41 Å². The lowest BCUT2D eigenvalue weighted by molar-refractivity contribution is 0.533. The fourth-order valence-electron chi connectivity index (χ4n) is 12.2. The standard InChI is InChI=1S/C65H64N2/c1-61(2,3)53-39-37-49-47-23-15-19-27-55(47)66(59(49)57(53)63(7,8)9)43-33-29-41(30-34-43)65(51-25-17-13-21-45(51)46-22-14-18-26-52(46)65)42-31-35-44(36-32-42)67-56-28-20-16-24-48(56)50-38-40-54(62(4,5)6)58(60(50)67)64(10,11)12/h13-40H,1-12H3. The highest BCUT2D eigenvalue weighted by Crippen LogP contribution is 2.56. The zero-order chi connectivity index (χ0) is 47.0. The monoisotopic (exact) mass is 873 g/mol. The summed E-state index contributed by atoms with van der Waals surface area (Å²) in [6.07, 6.45) is 0. The average Bonchev–Trinajstić information content (AvgIpc) is 3.92. The number of aromatic nitrogens is 2. The Hall–Kier alpha value is -6.64. The summed E-state index contributed by atoms with van der Waals surface area (Å²) in [6.45, 7) is 28.4. The Bertz CT molecular complexity index is 3340. The molecule has 2 aromatic heterocycles. The molecule has 2 heterocycles. The van der Waals surface area contributed by atoms with E-state index in [9.17, 15) is 0 Å². The van der Waals surface area contributed by atoms with Crippen LogP contribution in [0.25, 0.3) is 66.1 Å². The number of hydrogen-bond acceptors (Lipinski definition) is 0. The van der Waals surface area contributed by atoms with Crippen molar-refractivity contribution in [1.82, 2.24) is 9.13 Å².